The molecule has 11 aromatic rings. The maximum absolute atomic E-state index is 5.40. The lowest BCUT2D eigenvalue weighted by molar-refractivity contribution is 0.918. The van der Waals surface area contributed by atoms with Gasteiger partial charge < -0.3 is 0 Å². The number of rotatable bonds is 8. The van der Waals surface area contributed by atoms with Gasteiger partial charge in [-0.3, -0.25) is 0 Å². The molecule has 11 rings (SSSR count). The van der Waals surface area contributed by atoms with Crippen molar-refractivity contribution in [2.24, 2.45) is 0 Å². The van der Waals surface area contributed by atoms with Crippen LogP contribution in [0.2, 0.25) is 0 Å². The van der Waals surface area contributed by atoms with Gasteiger partial charge in [0.05, 0.1) is 22.6 Å². The van der Waals surface area contributed by atoms with Crippen molar-refractivity contribution < 1.29 is 0 Å². The second-order valence-electron chi connectivity index (χ2n) is 15.3. The molecule has 0 spiro atoms. The maximum atomic E-state index is 5.40. The Morgan fingerprint density at radius 1 is 0.328 bits per heavy atom. The van der Waals surface area contributed by atoms with E-state index in [0.717, 1.165) is 83.7 Å². The summed E-state index contributed by atoms with van der Waals surface area (Å²) in [4.78, 5) is 10.2. The number of hydrogen-bond acceptors (Lipinski definition) is 3. The van der Waals surface area contributed by atoms with Crippen LogP contribution in [0.5, 0.6) is 0 Å². The second kappa shape index (κ2) is 15.5. The summed E-state index contributed by atoms with van der Waals surface area (Å²) in [5, 5.41) is 8.89. The van der Waals surface area contributed by atoms with E-state index in [1.54, 1.807) is 0 Å². The molecule has 0 amide bonds. The van der Waals surface area contributed by atoms with Gasteiger partial charge in [-0.2, -0.15) is 5.10 Å². The first-order chi connectivity index (χ1) is 30.2. The molecule has 0 saturated heterocycles. The van der Waals surface area contributed by atoms with E-state index < -0.39 is 0 Å². The minimum Gasteiger partial charge on any atom is -0.232 e. The Balaban J connectivity index is 0.976. The highest BCUT2D eigenvalue weighted by Crippen LogP contribution is 2.42. The fraction of sp³-hybridized carbons (Fsp3) is 0. The second-order valence-corrected chi connectivity index (χ2v) is 15.3. The molecule has 0 saturated carbocycles. The van der Waals surface area contributed by atoms with Crippen LogP contribution in [0, 0.1) is 0 Å². The minimum atomic E-state index is 0.694. The summed E-state index contributed by atoms with van der Waals surface area (Å²) < 4.78 is 2.12. The third-order valence-electron chi connectivity index (χ3n) is 11.5. The first-order valence-corrected chi connectivity index (χ1v) is 20.6. The van der Waals surface area contributed by atoms with E-state index in [0.29, 0.717) is 5.82 Å². The van der Waals surface area contributed by atoms with E-state index in [1.807, 2.05) is 18.2 Å². The average molecular weight is 779 g/mol. The van der Waals surface area contributed by atoms with Crippen molar-refractivity contribution in [3.05, 3.63) is 231 Å². The van der Waals surface area contributed by atoms with Gasteiger partial charge in [0.2, 0.25) is 0 Å². The lowest BCUT2D eigenvalue weighted by atomic mass is 9.93. The summed E-state index contributed by atoms with van der Waals surface area (Å²) in [5.41, 5.74) is 15.8. The number of hydrogen-bond donors (Lipinski definition) is 0. The van der Waals surface area contributed by atoms with Crippen molar-refractivity contribution >= 4 is 21.7 Å². The highest BCUT2D eigenvalue weighted by Gasteiger charge is 2.21. The monoisotopic (exact) mass is 778 g/mol. The van der Waals surface area contributed by atoms with Crippen molar-refractivity contribution in [2.45, 2.75) is 0 Å². The van der Waals surface area contributed by atoms with Crippen molar-refractivity contribution in [3.8, 4) is 84.2 Å². The first-order valence-electron chi connectivity index (χ1n) is 20.6. The Bertz CT molecular complexity index is 3300. The standard InChI is InChI=1S/C57H38N4/c1-5-16-39(17-6-1)46-23-15-24-48(36-46)57-58-52(43-20-9-3-10-21-43)38-53(59-57)44-32-28-40(29-33-44)41-30-34-45(35-31-41)55-54-51(42-18-7-2-8-19-42)37-47-22-13-14-27-50(47)56(54)61(60-55)49-25-11-4-12-26-49/h1-38H. The third-order valence-corrected chi connectivity index (χ3v) is 11.5. The molecule has 4 nitrogen and oxygen atoms in total. The van der Waals surface area contributed by atoms with Crippen LogP contribution < -0.4 is 0 Å². The molecule has 0 unspecified atom stereocenters. The van der Waals surface area contributed by atoms with E-state index in [9.17, 15) is 0 Å². The van der Waals surface area contributed by atoms with Crippen molar-refractivity contribution in [3.63, 3.8) is 0 Å². The SMILES string of the molecule is c1ccc(-c2cccc(-c3nc(-c4ccccc4)cc(-c4ccc(-c5ccc(-c6nn(-c7ccccc7)c7c6c(-c6ccccc6)cc6ccccc67)cc5)cc4)n3)c2)cc1. The summed E-state index contributed by atoms with van der Waals surface area (Å²) in [5.74, 6) is 0.694. The molecule has 0 fully saturated rings. The van der Waals surface area contributed by atoms with E-state index in [-0.39, 0.29) is 0 Å². The van der Waals surface area contributed by atoms with Gasteiger partial charge in [-0.05, 0) is 69.1 Å². The van der Waals surface area contributed by atoms with Crippen LogP contribution >= 0.6 is 0 Å². The van der Waals surface area contributed by atoms with Crippen molar-refractivity contribution in [1.29, 1.82) is 0 Å². The van der Waals surface area contributed by atoms with Crippen LogP contribution in [0.3, 0.4) is 0 Å². The van der Waals surface area contributed by atoms with Gasteiger partial charge in [-0.15, -0.1) is 0 Å². The Morgan fingerprint density at radius 2 is 0.803 bits per heavy atom. The van der Waals surface area contributed by atoms with E-state index in [1.165, 1.54) is 16.3 Å². The normalized spacial score (nSPS) is 11.3. The van der Waals surface area contributed by atoms with Crippen LogP contribution in [0.15, 0.2) is 231 Å². The Kier molecular flexibility index (Phi) is 9.14. The molecular formula is C57H38N4. The Morgan fingerprint density at radius 3 is 1.46 bits per heavy atom. The molecule has 0 N–H and O–H groups in total. The zero-order chi connectivity index (χ0) is 40.5. The topological polar surface area (TPSA) is 43.6 Å². The fourth-order valence-corrected chi connectivity index (χ4v) is 8.40. The van der Waals surface area contributed by atoms with Crippen molar-refractivity contribution in [2.75, 3.05) is 0 Å². The van der Waals surface area contributed by atoms with Crippen LogP contribution in [0.4, 0.5) is 0 Å². The molecule has 2 heterocycles. The predicted molar refractivity (Wildman–Crippen MR) is 252 cm³/mol. The highest BCUT2D eigenvalue weighted by atomic mass is 15.3. The van der Waals surface area contributed by atoms with Crippen LogP contribution in [-0.4, -0.2) is 19.7 Å². The van der Waals surface area contributed by atoms with Crippen LogP contribution in [0.1, 0.15) is 0 Å². The molecule has 0 aliphatic heterocycles. The number of para-hydroxylation sites is 1. The van der Waals surface area contributed by atoms with Gasteiger partial charge in [-0.25, -0.2) is 14.6 Å². The smallest absolute Gasteiger partial charge is 0.160 e. The first kappa shape index (κ1) is 35.9. The van der Waals surface area contributed by atoms with E-state index >= 15 is 0 Å². The summed E-state index contributed by atoms with van der Waals surface area (Å²) in [6, 6.07) is 80.9. The molecule has 0 aliphatic rings. The molecule has 2 aromatic heterocycles. The highest BCUT2D eigenvalue weighted by molar-refractivity contribution is 6.17. The average Bonchev–Trinajstić information content (AvgIpc) is 3.76. The molecule has 286 valence electrons. The number of aromatic nitrogens is 4. The van der Waals surface area contributed by atoms with Gasteiger partial charge in [0.15, 0.2) is 5.82 Å². The molecule has 0 aliphatic carbocycles. The Labute approximate surface area is 354 Å². The predicted octanol–water partition coefficient (Wildman–Crippen LogP) is 14.6. The molecule has 4 heteroatoms. The summed E-state index contributed by atoms with van der Waals surface area (Å²) >= 11 is 0. The third kappa shape index (κ3) is 6.86. The summed E-state index contributed by atoms with van der Waals surface area (Å²) in [7, 11) is 0. The zero-order valence-electron chi connectivity index (χ0n) is 33.2. The number of benzene rings is 9. The van der Waals surface area contributed by atoms with Gasteiger partial charge >= 0.3 is 0 Å². The van der Waals surface area contributed by atoms with Gasteiger partial charge in [0.1, 0.15) is 5.69 Å². The fourth-order valence-electron chi connectivity index (χ4n) is 8.40. The van der Waals surface area contributed by atoms with Crippen LogP contribution in [0.25, 0.3) is 106 Å². The summed E-state index contributed by atoms with van der Waals surface area (Å²) in [6.07, 6.45) is 0. The lowest BCUT2D eigenvalue weighted by Gasteiger charge is -2.11. The zero-order valence-corrected chi connectivity index (χ0v) is 33.2. The lowest BCUT2D eigenvalue weighted by Crippen LogP contribution is -1.96. The number of nitrogens with zero attached hydrogens (tertiary/aromatic N) is 4. The van der Waals surface area contributed by atoms with E-state index in [2.05, 4.69) is 217 Å². The molecule has 0 bridgehead atoms. The van der Waals surface area contributed by atoms with Crippen molar-refractivity contribution in [1.82, 2.24) is 19.7 Å². The molecule has 0 radical (unpaired) electrons. The molecule has 9 aromatic carbocycles. The maximum Gasteiger partial charge on any atom is 0.160 e. The molecule has 61 heavy (non-hydrogen) atoms. The van der Waals surface area contributed by atoms with Gasteiger partial charge in [-0.1, -0.05) is 200 Å². The van der Waals surface area contributed by atoms with E-state index in [4.69, 9.17) is 15.1 Å². The number of fused-ring (bicyclic) bond motifs is 3. The molecular weight excluding hydrogens is 741 g/mol. The minimum absolute atomic E-state index is 0.694. The van der Waals surface area contributed by atoms with Crippen LogP contribution in [-0.2, 0) is 0 Å². The quantitative estimate of drug-likeness (QED) is 0.154. The van der Waals surface area contributed by atoms with Gasteiger partial charge in [0.25, 0.3) is 0 Å². The largest absolute Gasteiger partial charge is 0.232 e. The molecule has 0 atom stereocenters. The summed E-state index contributed by atoms with van der Waals surface area (Å²) in [6.45, 7) is 0. The Hall–Kier alpha value is -8.21. The van der Waals surface area contributed by atoms with Gasteiger partial charge in [0, 0.05) is 33.0 Å².